The first-order chi connectivity index (χ1) is 10.0. The van der Waals surface area contributed by atoms with Gasteiger partial charge < -0.3 is 0 Å². The first-order valence-corrected chi connectivity index (χ1v) is 8.09. The maximum atomic E-state index is 2.28. The Labute approximate surface area is 138 Å². The zero-order valence-corrected chi connectivity index (χ0v) is 14.2. The third kappa shape index (κ3) is 8.02. The summed E-state index contributed by atoms with van der Waals surface area (Å²) in [5, 5.41) is 0. The highest BCUT2D eigenvalue weighted by Gasteiger charge is 2.07. The van der Waals surface area contributed by atoms with Crippen molar-refractivity contribution in [3.8, 4) is 0 Å². The smallest absolute Gasteiger partial charge is 0.0167 e. The van der Waals surface area contributed by atoms with Gasteiger partial charge in [-0.1, -0.05) is 103 Å². The summed E-state index contributed by atoms with van der Waals surface area (Å²) in [6.07, 6.45) is 1.20. The van der Waals surface area contributed by atoms with Gasteiger partial charge in [-0.3, -0.25) is 0 Å². The minimum atomic E-state index is 0. The maximum Gasteiger partial charge on any atom is -0.0167 e. The van der Waals surface area contributed by atoms with Crippen LogP contribution in [0.2, 0.25) is 0 Å². The van der Waals surface area contributed by atoms with Crippen molar-refractivity contribution >= 4 is 0 Å². The average molecular weight is 299 g/mol. The quantitative estimate of drug-likeness (QED) is 0.572. The molecule has 0 bridgehead atoms. The van der Waals surface area contributed by atoms with Crippen LogP contribution >= 0.6 is 0 Å². The van der Waals surface area contributed by atoms with Crippen LogP contribution in [0.3, 0.4) is 0 Å². The molecule has 1 atom stereocenters. The molecule has 0 saturated carbocycles. The fraction of sp³-hybridized carbons (Fsp3) is 0.455. The van der Waals surface area contributed by atoms with Gasteiger partial charge in [0.05, 0.1) is 0 Å². The van der Waals surface area contributed by atoms with Crippen molar-refractivity contribution in [1.29, 1.82) is 0 Å². The van der Waals surface area contributed by atoms with E-state index in [1.165, 1.54) is 17.5 Å². The number of benzene rings is 2. The second-order valence-corrected chi connectivity index (χ2v) is 6.53. The molecule has 0 amide bonds. The van der Waals surface area contributed by atoms with Gasteiger partial charge in [-0.2, -0.15) is 0 Å². The molecular formula is C22H34. The van der Waals surface area contributed by atoms with E-state index in [0.29, 0.717) is 5.92 Å². The SMILES string of the molecule is C.CC(C)C(C)c1ccccc1.CC(C)Cc1ccccc1. The summed E-state index contributed by atoms with van der Waals surface area (Å²) in [5.74, 6) is 2.18. The van der Waals surface area contributed by atoms with E-state index in [-0.39, 0.29) is 7.43 Å². The van der Waals surface area contributed by atoms with Crippen LogP contribution in [-0.4, -0.2) is 0 Å². The molecule has 2 aromatic rings. The fourth-order valence-electron chi connectivity index (χ4n) is 2.23. The first-order valence-electron chi connectivity index (χ1n) is 8.09. The molecule has 0 nitrogen and oxygen atoms in total. The van der Waals surface area contributed by atoms with Crippen LogP contribution in [-0.2, 0) is 6.42 Å². The molecule has 0 aliphatic heterocycles. The summed E-state index contributed by atoms with van der Waals surface area (Å²) in [6, 6.07) is 21.3. The summed E-state index contributed by atoms with van der Waals surface area (Å²) in [6.45, 7) is 11.3. The van der Waals surface area contributed by atoms with Gasteiger partial charge >= 0.3 is 0 Å². The summed E-state index contributed by atoms with van der Waals surface area (Å²) < 4.78 is 0. The predicted octanol–water partition coefficient (Wildman–Crippen LogP) is 6.97. The largest absolute Gasteiger partial charge is 0.0776 e. The monoisotopic (exact) mass is 298 g/mol. The number of hydrogen-bond donors (Lipinski definition) is 0. The van der Waals surface area contributed by atoms with Crippen molar-refractivity contribution in [2.75, 3.05) is 0 Å². The van der Waals surface area contributed by atoms with Gasteiger partial charge in [-0.25, -0.2) is 0 Å². The molecule has 2 rings (SSSR count). The van der Waals surface area contributed by atoms with Crippen molar-refractivity contribution in [2.45, 2.75) is 54.4 Å². The second kappa shape index (κ2) is 11.1. The molecule has 0 heteroatoms. The molecule has 1 unspecified atom stereocenters. The lowest BCUT2D eigenvalue weighted by molar-refractivity contribution is 0.535. The van der Waals surface area contributed by atoms with Gasteiger partial charge in [-0.15, -0.1) is 0 Å². The van der Waals surface area contributed by atoms with Gasteiger partial charge in [-0.05, 0) is 35.3 Å². The van der Waals surface area contributed by atoms with Crippen molar-refractivity contribution < 1.29 is 0 Å². The van der Waals surface area contributed by atoms with E-state index in [9.17, 15) is 0 Å². The molecule has 2 aromatic carbocycles. The van der Waals surface area contributed by atoms with Crippen LogP contribution in [0.25, 0.3) is 0 Å². The highest BCUT2D eigenvalue weighted by atomic mass is 14.1. The Morgan fingerprint density at radius 3 is 1.55 bits per heavy atom. The van der Waals surface area contributed by atoms with Crippen molar-refractivity contribution in [2.24, 2.45) is 11.8 Å². The van der Waals surface area contributed by atoms with Crippen LogP contribution < -0.4 is 0 Å². The van der Waals surface area contributed by atoms with Gasteiger partial charge in [0.25, 0.3) is 0 Å². The lowest BCUT2D eigenvalue weighted by Gasteiger charge is -2.15. The maximum absolute atomic E-state index is 2.28. The molecule has 0 saturated heterocycles. The third-order valence-corrected chi connectivity index (χ3v) is 3.81. The van der Waals surface area contributed by atoms with Gasteiger partial charge in [0.1, 0.15) is 0 Å². The second-order valence-electron chi connectivity index (χ2n) is 6.53. The van der Waals surface area contributed by atoms with Crippen molar-refractivity contribution in [3.63, 3.8) is 0 Å². The zero-order valence-electron chi connectivity index (χ0n) is 14.2. The lowest BCUT2D eigenvalue weighted by Crippen LogP contribution is -2.00. The Balaban J connectivity index is 0.000000385. The van der Waals surface area contributed by atoms with Crippen LogP contribution in [0.5, 0.6) is 0 Å². The van der Waals surface area contributed by atoms with E-state index in [1.807, 2.05) is 0 Å². The standard InChI is InChI=1S/C11H16.C10H14.CH4/c1-9(2)10(3)11-7-5-4-6-8-11;1-9(2)8-10-6-4-3-5-7-10;/h4-10H,1-3H3;3-7,9H,8H2,1-2H3;1H4. The van der Waals surface area contributed by atoms with E-state index in [0.717, 1.165) is 11.8 Å². The molecule has 0 radical (unpaired) electrons. The molecule has 0 heterocycles. The number of rotatable bonds is 4. The van der Waals surface area contributed by atoms with Gasteiger partial charge in [0.15, 0.2) is 0 Å². The molecule has 122 valence electrons. The van der Waals surface area contributed by atoms with E-state index in [4.69, 9.17) is 0 Å². The van der Waals surface area contributed by atoms with Crippen LogP contribution in [0.15, 0.2) is 60.7 Å². The highest BCUT2D eigenvalue weighted by Crippen LogP contribution is 2.22. The molecule has 0 spiro atoms. The van der Waals surface area contributed by atoms with Crippen molar-refractivity contribution in [3.05, 3.63) is 71.8 Å². The summed E-state index contributed by atoms with van der Waals surface area (Å²) in [5.41, 5.74) is 2.89. The fourth-order valence-corrected chi connectivity index (χ4v) is 2.23. The van der Waals surface area contributed by atoms with E-state index >= 15 is 0 Å². The lowest BCUT2D eigenvalue weighted by atomic mass is 9.91. The molecule has 0 fully saturated rings. The summed E-state index contributed by atoms with van der Waals surface area (Å²) in [7, 11) is 0. The average Bonchev–Trinajstić information content (AvgIpc) is 2.48. The Hall–Kier alpha value is -1.56. The van der Waals surface area contributed by atoms with Crippen LogP contribution in [0.1, 0.15) is 59.1 Å². The molecule has 0 aliphatic rings. The number of hydrogen-bond acceptors (Lipinski definition) is 0. The molecule has 0 aromatic heterocycles. The van der Waals surface area contributed by atoms with E-state index in [2.05, 4.69) is 95.3 Å². The predicted molar refractivity (Wildman–Crippen MR) is 101 cm³/mol. The van der Waals surface area contributed by atoms with Gasteiger partial charge in [0.2, 0.25) is 0 Å². The third-order valence-electron chi connectivity index (χ3n) is 3.81. The van der Waals surface area contributed by atoms with Crippen LogP contribution in [0.4, 0.5) is 0 Å². The minimum absolute atomic E-state index is 0. The molecule has 0 aliphatic carbocycles. The molecule has 22 heavy (non-hydrogen) atoms. The van der Waals surface area contributed by atoms with E-state index < -0.39 is 0 Å². The first kappa shape index (κ1) is 20.4. The molecular weight excluding hydrogens is 264 g/mol. The van der Waals surface area contributed by atoms with Crippen LogP contribution in [0, 0.1) is 11.8 Å². The Bertz CT molecular complexity index is 468. The van der Waals surface area contributed by atoms with Crippen molar-refractivity contribution in [1.82, 2.24) is 0 Å². The summed E-state index contributed by atoms with van der Waals surface area (Å²) >= 11 is 0. The minimum Gasteiger partial charge on any atom is -0.0776 e. The Morgan fingerprint density at radius 2 is 1.14 bits per heavy atom. The van der Waals surface area contributed by atoms with Gasteiger partial charge in [0, 0.05) is 0 Å². The summed E-state index contributed by atoms with van der Waals surface area (Å²) in [4.78, 5) is 0. The highest BCUT2D eigenvalue weighted by molar-refractivity contribution is 5.19. The Kier molecular flexibility index (Phi) is 10.3. The van der Waals surface area contributed by atoms with E-state index in [1.54, 1.807) is 0 Å². The topological polar surface area (TPSA) is 0 Å². The normalized spacial score (nSPS) is 11.4. The zero-order chi connectivity index (χ0) is 15.7. The Morgan fingerprint density at radius 1 is 0.682 bits per heavy atom. The molecule has 0 N–H and O–H groups in total.